The van der Waals surface area contributed by atoms with Crippen molar-refractivity contribution >= 4 is 12.0 Å². The van der Waals surface area contributed by atoms with Crippen molar-refractivity contribution in [3.8, 4) is 0 Å². The van der Waals surface area contributed by atoms with Crippen LogP contribution in [0.25, 0.3) is 0 Å². The zero-order valence-electron chi connectivity index (χ0n) is 10.0. The molecule has 2 atom stereocenters. The van der Waals surface area contributed by atoms with E-state index in [-0.39, 0.29) is 11.2 Å². The molecule has 0 aromatic carbocycles. The number of carbonyl (C=O) groups is 1. The number of rotatable bonds is 0. The standard InChI is InChI=1S/C13H14N4O/c18-11-7-14-6-10-9(11)5-15-13-4-2-1-3-12(10,13)8-16-17-13/h2,4-5,14H,1,3,6-8H2. The molecule has 3 heterocycles. The van der Waals surface area contributed by atoms with Gasteiger partial charge < -0.3 is 5.32 Å². The highest BCUT2D eigenvalue weighted by Crippen LogP contribution is 2.55. The second kappa shape index (κ2) is 3.23. The number of Topliss-reactive ketones (excluding diaryl/α,β-unsaturated/α-hetero) is 1. The number of ketones is 1. The Kier molecular flexibility index (Phi) is 1.85. The van der Waals surface area contributed by atoms with Crippen molar-refractivity contribution in [3.63, 3.8) is 0 Å². The Morgan fingerprint density at radius 3 is 3.22 bits per heavy atom. The second-order valence-electron chi connectivity index (χ2n) is 5.33. The third-order valence-corrected chi connectivity index (χ3v) is 4.54. The van der Waals surface area contributed by atoms with Gasteiger partial charge in [0, 0.05) is 18.3 Å². The minimum absolute atomic E-state index is 0.143. The maximum atomic E-state index is 12.0. The molecule has 1 N–H and O–H groups in total. The monoisotopic (exact) mass is 242 g/mol. The molecule has 0 bridgehead atoms. The van der Waals surface area contributed by atoms with E-state index in [9.17, 15) is 4.79 Å². The number of azo groups is 1. The summed E-state index contributed by atoms with van der Waals surface area (Å²) in [4.78, 5) is 16.6. The van der Waals surface area contributed by atoms with Crippen LogP contribution in [0.4, 0.5) is 0 Å². The van der Waals surface area contributed by atoms with Gasteiger partial charge in [0.15, 0.2) is 11.4 Å². The molecule has 92 valence electrons. The number of dihydropyridines is 1. The maximum absolute atomic E-state index is 12.0. The Hall–Kier alpha value is -1.62. The van der Waals surface area contributed by atoms with Crippen LogP contribution in [0.5, 0.6) is 0 Å². The van der Waals surface area contributed by atoms with E-state index in [2.05, 4.69) is 32.7 Å². The van der Waals surface area contributed by atoms with Crippen LogP contribution in [0.15, 0.2) is 38.5 Å². The van der Waals surface area contributed by atoms with Crippen molar-refractivity contribution in [2.75, 3.05) is 19.6 Å². The molecular formula is C13H14N4O. The molecule has 5 heteroatoms. The van der Waals surface area contributed by atoms with Gasteiger partial charge in [-0.05, 0) is 24.5 Å². The Labute approximate surface area is 105 Å². The van der Waals surface area contributed by atoms with Gasteiger partial charge in [0.05, 0.1) is 18.5 Å². The summed E-state index contributed by atoms with van der Waals surface area (Å²) in [5, 5.41) is 11.8. The molecular weight excluding hydrogens is 228 g/mol. The highest BCUT2D eigenvalue weighted by molar-refractivity contribution is 6.16. The summed E-state index contributed by atoms with van der Waals surface area (Å²) >= 11 is 0. The van der Waals surface area contributed by atoms with Crippen LogP contribution in [0, 0.1) is 5.41 Å². The van der Waals surface area contributed by atoms with Crippen molar-refractivity contribution in [2.24, 2.45) is 20.6 Å². The molecule has 0 fully saturated rings. The highest BCUT2D eigenvalue weighted by Gasteiger charge is 2.59. The van der Waals surface area contributed by atoms with Gasteiger partial charge in [-0.25, -0.2) is 0 Å². The summed E-state index contributed by atoms with van der Waals surface area (Å²) in [6.07, 6.45) is 7.89. The lowest BCUT2D eigenvalue weighted by atomic mass is 9.62. The molecule has 4 rings (SSSR count). The first-order chi connectivity index (χ1) is 8.78. The summed E-state index contributed by atoms with van der Waals surface area (Å²) in [5.41, 5.74) is 1.22. The summed E-state index contributed by atoms with van der Waals surface area (Å²) < 4.78 is 0. The average Bonchev–Trinajstić information content (AvgIpc) is 2.79. The molecule has 0 amide bonds. The normalized spacial score (nSPS) is 40.8. The van der Waals surface area contributed by atoms with E-state index in [1.807, 2.05) is 0 Å². The molecule has 5 nitrogen and oxygen atoms in total. The molecule has 0 radical (unpaired) electrons. The quantitative estimate of drug-likeness (QED) is 0.645. The van der Waals surface area contributed by atoms with Crippen LogP contribution in [-0.2, 0) is 4.79 Å². The van der Waals surface area contributed by atoms with Crippen LogP contribution in [0.1, 0.15) is 12.8 Å². The van der Waals surface area contributed by atoms with E-state index in [1.54, 1.807) is 6.21 Å². The van der Waals surface area contributed by atoms with Crippen LogP contribution in [0.3, 0.4) is 0 Å². The number of allylic oxidation sites excluding steroid dienone is 1. The van der Waals surface area contributed by atoms with E-state index < -0.39 is 5.66 Å². The summed E-state index contributed by atoms with van der Waals surface area (Å²) in [5.74, 6) is 0.143. The van der Waals surface area contributed by atoms with E-state index in [0.717, 1.165) is 25.0 Å². The first-order valence-corrected chi connectivity index (χ1v) is 6.37. The topological polar surface area (TPSA) is 66.2 Å². The third-order valence-electron chi connectivity index (χ3n) is 4.54. The molecule has 0 spiro atoms. The maximum Gasteiger partial charge on any atom is 0.199 e. The van der Waals surface area contributed by atoms with E-state index in [0.29, 0.717) is 13.1 Å². The lowest BCUT2D eigenvalue weighted by Gasteiger charge is -2.46. The van der Waals surface area contributed by atoms with Gasteiger partial charge in [0.2, 0.25) is 0 Å². The Bertz CT molecular complexity index is 559. The smallest absolute Gasteiger partial charge is 0.199 e. The van der Waals surface area contributed by atoms with Crippen LogP contribution >= 0.6 is 0 Å². The Morgan fingerprint density at radius 1 is 1.33 bits per heavy atom. The first kappa shape index (κ1) is 10.3. The number of nitrogens with zero attached hydrogens (tertiary/aromatic N) is 3. The van der Waals surface area contributed by atoms with Crippen molar-refractivity contribution in [1.29, 1.82) is 0 Å². The van der Waals surface area contributed by atoms with Crippen molar-refractivity contribution in [3.05, 3.63) is 23.3 Å². The van der Waals surface area contributed by atoms with Crippen LogP contribution in [0.2, 0.25) is 0 Å². The number of nitrogens with one attached hydrogen (secondary N) is 1. The number of carbonyl (C=O) groups excluding carboxylic acids is 1. The molecule has 0 saturated carbocycles. The fourth-order valence-electron chi connectivity index (χ4n) is 3.57. The fraction of sp³-hybridized carbons (Fsp3) is 0.538. The molecule has 2 unspecified atom stereocenters. The first-order valence-electron chi connectivity index (χ1n) is 6.37. The zero-order valence-corrected chi connectivity index (χ0v) is 10.0. The second-order valence-corrected chi connectivity index (χ2v) is 5.33. The van der Waals surface area contributed by atoms with E-state index >= 15 is 0 Å². The van der Waals surface area contributed by atoms with Gasteiger partial charge in [-0.15, -0.1) is 0 Å². The molecule has 0 saturated heterocycles. The van der Waals surface area contributed by atoms with E-state index in [4.69, 9.17) is 0 Å². The minimum Gasteiger partial charge on any atom is -0.306 e. The predicted octanol–water partition coefficient (Wildman–Crippen LogP) is 1.04. The van der Waals surface area contributed by atoms with Gasteiger partial charge in [-0.1, -0.05) is 6.08 Å². The summed E-state index contributed by atoms with van der Waals surface area (Å²) in [6.45, 7) is 1.83. The van der Waals surface area contributed by atoms with Crippen LogP contribution in [-0.4, -0.2) is 37.3 Å². The van der Waals surface area contributed by atoms with Gasteiger partial charge in [-0.2, -0.15) is 10.2 Å². The van der Waals surface area contributed by atoms with Crippen molar-refractivity contribution in [2.45, 2.75) is 18.5 Å². The Balaban J connectivity index is 1.96. The third kappa shape index (κ3) is 1.01. The van der Waals surface area contributed by atoms with E-state index in [1.165, 1.54) is 5.57 Å². The van der Waals surface area contributed by atoms with Gasteiger partial charge in [0.25, 0.3) is 0 Å². The highest BCUT2D eigenvalue weighted by atomic mass is 16.1. The molecule has 0 aromatic heterocycles. The zero-order chi connectivity index (χ0) is 12.2. The average molecular weight is 242 g/mol. The number of hydrogen-bond acceptors (Lipinski definition) is 5. The molecule has 0 aromatic rings. The minimum atomic E-state index is -0.566. The predicted molar refractivity (Wildman–Crippen MR) is 66.7 cm³/mol. The van der Waals surface area contributed by atoms with Crippen molar-refractivity contribution < 1.29 is 4.79 Å². The molecule has 4 aliphatic rings. The lowest BCUT2D eigenvalue weighted by Crippen LogP contribution is -2.53. The van der Waals surface area contributed by atoms with Gasteiger partial charge >= 0.3 is 0 Å². The lowest BCUT2D eigenvalue weighted by molar-refractivity contribution is -0.114. The SMILES string of the molecule is O=C1CNCC2=C1C=NC13C=CCCC21CN=N3. The Morgan fingerprint density at radius 2 is 2.28 bits per heavy atom. The van der Waals surface area contributed by atoms with Crippen molar-refractivity contribution in [1.82, 2.24) is 5.32 Å². The van der Waals surface area contributed by atoms with Gasteiger partial charge in [0.1, 0.15) is 0 Å². The van der Waals surface area contributed by atoms with Gasteiger partial charge in [-0.3, -0.25) is 9.79 Å². The summed E-state index contributed by atoms with van der Waals surface area (Å²) in [6, 6.07) is 0. The number of aliphatic imine (C=N–C) groups is 1. The molecule has 3 aliphatic heterocycles. The number of hydrogen-bond donors (Lipinski definition) is 1. The van der Waals surface area contributed by atoms with Crippen LogP contribution < -0.4 is 5.32 Å². The largest absolute Gasteiger partial charge is 0.306 e. The fourth-order valence-corrected chi connectivity index (χ4v) is 3.57. The molecule has 1 aliphatic carbocycles. The summed E-state index contributed by atoms with van der Waals surface area (Å²) in [7, 11) is 0. The molecule has 18 heavy (non-hydrogen) atoms.